The SMILES string of the molecule is COc1cc(SN2CCN(C)CC2)ccc1Nc1nnc(C)c(Nc2ccc(P(C)(C)=O)cc2S(=O)(=O)C(C)C)n1. The second-order valence-electron chi connectivity index (χ2n) is 10.6. The van der Waals surface area contributed by atoms with Gasteiger partial charge in [-0.05, 0) is 89.5 Å². The molecule has 41 heavy (non-hydrogen) atoms. The first-order chi connectivity index (χ1) is 19.3. The summed E-state index contributed by atoms with van der Waals surface area (Å²) in [5, 5.41) is 14.5. The van der Waals surface area contributed by atoms with Gasteiger partial charge >= 0.3 is 0 Å². The zero-order valence-corrected chi connectivity index (χ0v) is 27.0. The van der Waals surface area contributed by atoms with E-state index in [1.54, 1.807) is 65.3 Å². The Morgan fingerprint density at radius 3 is 2.32 bits per heavy atom. The molecule has 1 aliphatic rings. The fraction of sp³-hybridized carbons (Fsp3) is 0.444. The third kappa shape index (κ3) is 7.58. The molecule has 2 aromatic carbocycles. The normalized spacial score (nSPS) is 15.2. The van der Waals surface area contributed by atoms with E-state index in [1.807, 2.05) is 18.2 Å². The molecule has 2 N–H and O–H groups in total. The third-order valence-corrected chi connectivity index (χ3v) is 11.5. The minimum Gasteiger partial charge on any atom is -0.495 e. The summed E-state index contributed by atoms with van der Waals surface area (Å²) in [7, 11) is -2.64. The van der Waals surface area contributed by atoms with Crippen LogP contribution in [-0.2, 0) is 14.4 Å². The average molecular weight is 620 g/mol. The Hall–Kier alpha value is -2.70. The maximum Gasteiger partial charge on any atom is 0.249 e. The molecule has 14 heteroatoms. The lowest BCUT2D eigenvalue weighted by Gasteiger charge is -2.31. The van der Waals surface area contributed by atoms with Crippen molar-refractivity contribution < 1.29 is 17.7 Å². The van der Waals surface area contributed by atoms with E-state index in [-0.39, 0.29) is 10.8 Å². The minimum absolute atomic E-state index is 0.0663. The highest BCUT2D eigenvalue weighted by atomic mass is 32.2. The highest BCUT2D eigenvalue weighted by Gasteiger charge is 2.26. The van der Waals surface area contributed by atoms with Gasteiger partial charge in [0.1, 0.15) is 18.6 Å². The average Bonchev–Trinajstić information content (AvgIpc) is 2.92. The van der Waals surface area contributed by atoms with E-state index in [4.69, 9.17) is 4.74 Å². The number of aromatic nitrogens is 3. The smallest absolute Gasteiger partial charge is 0.249 e. The molecule has 1 aliphatic heterocycles. The van der Waals surface area contributed by atoms with E-state index in [9.17, 15) is 13.0 Å². The van der Waals surface area contributed by atoms with E-state index in [0.29, 0.717) is 33.9 Å². The van der Waals surface area contributed by atoms with Gasteiger partial charge in [-0.25, -0.2) is 12.7 Å². The van der Waals surface area contributed by atoms with Gasteiger partial charge in [-0.15, -0.1) is 10.2 Å². The van der Waals surface area contributed by atoms with Gasteiger partial charge in [0.25, 0.3) is 0 Å². The van der Waals surface area contributed by atoms with Crippen LogP contribution >= 0.6 is 19.1 Å². The molecular formula is C27H38N7O4PS2. The van der Waals surface area contributed by atoms with Crippen molar-refractivity contribution in [2.75, 3.05) is 64.3 Å². The predicted molar refractivity (Wildman–Crippen MR) is 167 cm³/mol. The van der Waals surface area contributed by atoms with Gasteiger partial charge in [0.05, 0.1) is 28.6 Å². The van der Waals surface area contributed by atoms with E-state index in [1.165, 1.54) is 6.07 Å². The summed E-state index contributed by atoms with van der Waals surface area (Å²) < 4.78 is 47.2. The van der Waals surface area contributed by atoms with Crippen LogP contribution in [0.3, 0.4) is 0 Å². The van der Waals surface area contributed by atoms with Crippen LogP contribution in [0.2, 0.25) is 0 Å². The maximum atomic E-state index is 13.2. The van der Waals surface area contributed by atoms with E-state index in [2.05, 4.69) is 42.1 Å². The Balaban J connectivity index is 1.60. The standard InChI is InChI=1S/C27H38N7O4PS2/c1-18(2)41(36,37)25-16-20(39(6,7)35)8-10-23(25)28-26-19(3)31-32-27(30-26)29-22-11-9-21(17-24(22)38-5)40-34-14-12-33(4)13-15-34/h8-11,16-18H,12-15H2,1-7H3,(H2,28,29,30,32). The molecule has 11 nitrogen and oxygen atoms in total. The molecule has 2 heterocycles. The monoisotopic (exact) mass is 619 g/mol. The summed E-state index contributed by atoms with van der Waals surface area (Å²) in [5.74, 6) is 1.19. The van der Waals surface area contributed by atoms with Crippen molar-refractivity contribution in [3.05, 3.63) is 42.1 Å². The molecule has 3 aromatic rings. The largest absolute Gasteiger partial charge is 0.495 e. The number of hydrogen-bond acceptors (Lipinski definition) is 12. The molecule has 0 amide bonds. The first kappa shape index (κ1) is 31.2. The number of aryl methyl sites for hydroxylation is 1. The third-order valence-electron chi connectivity index (χ3n) is 6.74. The second kappa shape index (κ2) is 12.7. The number of nitrogens with zero attached hydrogens (tertiary/aromatic N) is 5. The highest BCUT2D eigenvalue weighted by molar-refractivity contribution is 7.97. The molecule has 0 radical (unpaired) electrons. The van der Waals surface area contributed by atoms with Crippen molar-refractivity contribution in [2.24, 2.45) is 0 Å². The number of likely N-dealkylation sites (N-methyl/N-ethyl adjacent to an activating group) is 1. The van der Waals surface area contributed by atoms with Gasteiger partial charge in [-0.3, -0.25) is 0 Å². The number of methoxy groups -OCH3 is 1. The number of anilines is 4. The van der Waals surface area contributed by atoms with Crippen molar-refractivity contribution in [1.82, 2.24) is 24.4 Å². The summed E-state index contributed by atoms with van der Waals surface area (Å²) in [5.41, 5.74) is 1.48. The van der Waals surface area contributed by atoms with Crippen molar-refractivity contribution in [3.63, 3.8) is 0 Å². The number of ether oxygens (including phenoxy) is 1. The summed E-state index contributed by atoms with van der Waals surface area (Å²) in [6, 6.07) is 10.7. The van der Waals surface area contributed by atoms with Crippen LogP contribution in [-0.4, -0.2) is 91.7 Å². The van der Waals surface area contributed by atoms with Crippen molar-refractivity contribution in [2.45, 2.75) is 35.8 Å². The quantitative estimate of drug-likeness (QED) is 0.247. The zero-order valence-electron chi connectivity index (χ0n) is 24.5. The molecule has 1 aromatic heterocycles. The Labute approximate surface area is 246 Å². The van der Waals surface area contributed by atoms with Gasteiger partial charge in [-0.2, -0.15) is 4.98 Å². The molecule has 0 saturated carbocycles. The molecule has 0 atom stereocenters. The van der Waals surface area contributed by atoms with E-state index >= 15 is 0 Å². The molecule has 0 spiro atoms. The fourth-order valence-corrected chi connectivity index (χ4v) is 7.22. The van der Waals surface area contributed by atoms with Gasteiger partial charge < -0.3 is 24.8 Å². The van der Waals surface area contributed by atoms with Crippen LogP contribution in [0.4, 0.5) is 23.1 Å². The molecule has 0 aliphatic carbocycles. The minimum atomic E-state index is -3.70. The summed E-state index contributed by atoms with van der Waals surface area (Å²) in [4.78, 5) is 8.03. The first-order valence-corrected chi connectivity index (χ1v) is 18.2. The zero-order chi connectivity index (χ0) is 29.9. The Bertz CT molecular complexity index is 1560. The highest BCUT2D eigenvalue weighted by Crippen LogP contribution is 2.38. The van der Waals surface area contributed by atoms with Crippen molar-refractivity contribution in [3.8, 4) is 5.75 Å². The summed E-state index contributed by atoms with van der Waals surface area (Å²) in [6.07, 6.45) is 0. The van der Waals surface area contributed by atoms with Gasteiger partial charge in [0.15, 0.2) is 15.7 Å². The summed E-state index contributed by atoms with van der Waals surface area (Å²) >= 11 is 1.70. The van der Waals surface area contributed by atoms with E-state index < -0.39 is 22.2 Å². The maximum absolute atomic E-state index is 13.2. The lowest BCUT2D eigenvalue weighted by atomic mass is 10.3. The lowest BCUT2D eigenvalue weighted by molar-refractivity contribution is 0.233. The second-order valence-corrected chi connectivity index (χ2v) is 17.5. The first-order valence-electron chi connectivity index (χ1n) is 13.3. The Morgan fingerprint density at radius 1 is 1.00 bits per heavy atom. The van der Waals surface area contributed by atoms with Crippen LogP contribution in [0.1, 0.15) is 19.5 Å². The number of nitrogens with one attached hydrogen (secondary N) is 2. The topological polar surface area (TPSA) is 130 Å². The van der Waals surface area contributed by atoms with E-state index in [0.717, 1.165) is 31.1 Å². The number of benzene rings is 2. The van der Waals surface area contributed by atoms with Crippen molar-refractivity contribution >= 4 is 57.4 Å². The number of hydrogen-bond donors (Lipinski definition) is 2. The van der Waals surface area contributed by atoms with Gasteiger partial charge in [0, 0.05) is 36.4 Å². The van der Waals surface area contributed by atoms with Gasteiger partial charge in [0.2, 0.25) is 5.95 Å². The van der Waals surface area contributed by atoms with Crippen molar-refractivity contribution in [1.29, 1.82) is 0 Å². The fourth-order valence-electron chi connectivity index (χ4n) is 4.10. The van der Waals surface area contributed by atoms with Crippen LogP contribution in [0.5, 0.6) is 5.75 Å². The summed E-state index contributed by atoms with van der Waals surface area (Å²) in [6.45, 7) is 12.2. The molecular weight excluding hydrogens is 581 g/mol. The molecule has 4 rings (SSSR count). The molecule has 222 valence electrons. The van der Waals surface area contributed by atoms with Crippen LogP contribution < -0.4 is 20.7 Å². The predicted octanol–water partition coefficient (Wildman–Crippen LogP) is 4.36. The van der Waals surface area contributed by atoms with Crippen LogP contribution in [0.15, 0.2) is 46.2 Å². The number of piperazine rings is 1. The number of rotatable bonds is 10. The lowest BCUT2D eigenvalue weighted by Crippen LogP contribution is -2.40. The number of sulfone groups is 1. The van der Waals surface area contributed by atoms with Gasteiger partial charge in [-0.1, -0.05) is 0 Å². The molecule has 0 bridgehead atoms. The van der Waals surface area contributed by atoms with Crippen LogP contribution in [0, 0.1) is 6.92 Å². The Morgan fingerprint density at radius 2 is 1.68 bits per heavy atom. The molecule has 1 saturated heterocycles. The molecule has 1 fully saturated rings. The van der Waals surface area contributed by atoms with Crippen LogP contribution in [0.25, 0.3) is 0 Å². The molecule has 0 unspecified atom stereocenters. The Kier molecular flexibility index (Phi) is 9.65.